The molecule has 0 aromatic heterocycles. The number of hydrogen-bond donors (Lipinski definition) is 0. The molecule has 0 atom stereocenters. The monoisotopic (exact) mass is 218 g/mol. The van der Waals surface area contributed by atoms with Crippen LogP contribution in [0.4, 0.5) is 0 Å². The highest BCUT2D eigenvalue weighted by Crippen LogP contribution is 2.29. The Kier molecular flexibility index (Phi) is 3.17. The minimum atomic E-state index is 0.904. The minimum absolute atomic E-state index is 0.904. The van der Waals surface area contributed by atoms with Crippen molar-refractivity contribution in [1.29, 1.82) is 0 Å². The fourth-order valence-electron chi connectivity index (χ4n) is 1.23. The van der Waals surface area contributed by atoms with Crippen LogP contribution < -0.4 is 0 Å². The van der Waals surface area contributed by atoms with E-state index >= 15 is 0 Å². The average molecular weight is 218 g/mol. The van der Waals surface area contributed by atoms with Gasteiger partial charge in [0.2, 0.25) is 0 Å². The Morgan fingerprint density at radius 2 is 1.93 bits per heavy atom. The number of hydrogen-bond acceptors (Lipinski definition) is 2. The highest BCUT2D eigenvalue weighted by atomic mass is 32.2. The summed E-state index contributed by atoms with van der Waals surface area (Å²) in [5.74, 6) is 0. The van der Waals surface area contributed by atoms with Crippen LogP contribution in [0.2, 0.25) is 0 Å². The van der Waals surface area contributed by atoms with Crippen LogP contribution in [0.3, 0.4) is 0 Å². The van der Waals surface area contributed by atoms with E-state index in [0.29, 0.717) is 0 Å². The van der Waals surface area contributed by atoms with Gasteiger partial charge in [0, 0.05) is 21.1 Å². The first-order valence-corrected chi connectivity index (χ1v) is 5.71. The molecule has 0 radical (unpaired) electrons. The van der Waals surface area contributed by atoms with Gasteiger partial charge < -0.3 is 0 Å². The van der Waals surface area contributed by atoms with Crippen LogP contribution in [0.15, 0.2) is 58.4 Å². The number of benzene rings is 1. The predicted octanol–water partition coefficient (Wildman–Crippen LogP) is 3.99. The summed E-state index contributed by atoms with van der Waals surface area (Å²) < 4.78 is 0. The molecule has 0 N–H and O–H groups in total. The number of thiocarbonyl (C=S) groups is 1. The third kappa shape index (κ3) is 2.34. The Hall–Kier alpha value is -0.860. The van der Waals surface area contributed by atoms with Crippen molar-refractivity contribution < 1.29 is 0 Å². The van der Waals surface area contributed by atoms with Gasteiger partial charge in [-0.25, -0.2) is 0 Å². The maximum atomic E-state index is 5.29. The van der Waals surface area contributed by atoms with Gasteiger partial charge in [0.1, 0.15) is 0 Å². The van der Waals surface area contributed by atoms with Crippen LogP contribution in [0.1, 0.15) is 6.42 Å². The van der Waals surface area contributed by atoms with Crippen molar-refractivity contribution in [3.8, 4) is 0 Å². The lowest BCUT2D eigenvalue weighted by Gasteiger charge is -2.09. The molecule has 0 aliphatic heterocycles. The summed E-state index contributed by atoms with van der Waals surface area (Å²) in [4.78, 5) is 3.49. The molecule has 0 unspecified atom stereocenters. The molecule has 0 saturated carbocycles. The molecule has 0 amide bonds. The summed E-state index contributed by atoms with van der Waals surface area (Å²) in [6.45, 7) is 0. The Morgan fingerprint density at radius 1 is 1.14 bits per heavy atom. The molecule has 0 nitrogen and oxygen atoms in total. The summed E-state index contributed by atoms with van der Waals surface area (Å²) in [7, 11) is 0. The Bertz CT molecular complexity index is 388. The fraction of sp³-hybridized carbons (Fsp3) is 0.0833. The van der Waals surface area contributed by atoms with Gasteiger partial charge in [0.15, 0.2) is 0 Å². The summed E-state index contributed by atoms with van der Waals surface area (Å²) in [5.41, 5.74) is 0. The Balaban J connectivity index is 2.15. The van der Waals surface area contributed by atoms with Gasteiger partial charge in [-0.1, -0.05) is 54.3 Å². The van der Waals surface area contributed by atoms with Crippen molar-refractivity contribution in [3.05, 3.63) is 53.5 Å². The topological polar surface area (TPSA) is 0 Å². The third-order valence-corrected chi connectivity index (χ3v) is 3.56. The zero-order chi connectivity index (χ0) is 9.80. The van der Waals surface area contributed by atoms with E-state index in [4.69, 9.17) is 12.2 Å². The highest BCUT2D eigenvalue weighted by molar-refractivity contribution is 8.05. The lowest BCUT2D eigenvalue weighted by Crippen LogP contribution is -1.97. The van der Waals surface area contributed by atoms with Gasteiger partial charge in [0.25, 0.3) is 0 Å². The second-order valence-electron chi connectivity index (χ2n) is 3.00. The van der Waals surface area contributed by atoms with E-state index in [2.05, 4.69) is 30.4 Å². The molecule has 70 valence electrons. The molecule has 14 heavy (non-hydrogen) atoms. The van der Waals surface area contributed by atoms with Crippen LogP contribution >= 0.6 is 24.0 Å². The number of allylic oxidation sites excluding steroid dienone is 4. The predicted molar refractivity (Wildman–Crippen MR) is 66.7 cm³/mol. The first-order valence-electron chi connectivity index (χ1n) is 4.49. The molecular formula is C12H10S2. The molecule has 1 aliphatic carbocycles. The SMILES string of the molecule is S=C1CC=CC=C1Sc1ccccc1. The highest BCUT2D eigenvalue weighted by Gasteiger charge is 2.07. The quantitative estimate of drug-likeness (QED) is 0.688. The second kappa shape index (κ2) is 4.58. The summed E-state index contributed by atoms with van der Waals surface area (Å²) in [6, 6.07) is 10.3. The van der Waals surface area contributed by atoms with Gasteiger partial charge >= 0.3 is 0 Å². The molecule has 2 heteroatoms. The molecule has 1 aliphatic rings. The van der Waals surface area contributed by atoms with E-state index in [9.17, 15) is 0 Å². The summed E-state index contributed by atoms with van der Waals surface area (Å²) in [6.07, 6.45) is 7.16. The van der Waals surface area contributed by atoms with Crippen molar-refractivity contribution in [3.63, 3.8) is 0 Å². The largest absolute Gasteiger partial charge is 0.0889 e. The second-order valence-corrected chi connectivity index (χ2v) is 4.61. The minimum Gasteiger partial charge on any atom is -0.0889 e. The molecule has 0 spiro atoms. The number of thioether (sulfide) groups is 1. The first kappa shape index (κ1) is 9.69. The van der Waals surface area contributed by atoms with Gasteiger partial charge in [-0.3, -0.25) is 0 Å². The van der Waals surface area contributed by atoms with Crippen molar-refractivity contribution in [2.75, 3.05) is 0 Å². The van der Waals surface area contributed by atoms with Gasteiger partial charge in [0.05, 0.1) is 0 Å². The Labute approximate surface area is 93.7 Å². The van der Waals surface area contributed by atoms with E-state index in [1.807, 2.05) is 18.2 Å². The van der Waals surface area contributed by atoms with Gasteiger partial charge in [-0.15, -0.1) is 0 Å². The van der Waals surface area contributed by atoms with Crippen LogP contribution in [-0.2, 0) is 0 Å². The normalized spacial score (nSPS) is 15.4. The third-order valence-electron chi connectivity index (χ3n) is 1.93. The van der Waals surface area contributed by atoms with E-state index < -0.39 is 0 Å². The average Bonchev–Trinajstić information content (AvgIpc) is 2.23. The summed E-state index contributed by atoms with van der Waals surface area (Å²) >= 11 is 7.03. The smallest absolute Gasteiger partial charge is 0.0329 e. The maximum absolute atomic E-state index is 5.29. The van der Waals surface area contributed by atoms with Gasteiger partial charge in [-0.05, 0) is 18.2 Å². The van der Waals surface area contributed by atoms with E-state index in [-0.39, 0.29) is 0 Å². The lowest BCUT2D eigenvalue weighted by atomic mass is 10.2. The molecule has 0 fully saturated rings. The van der Waals surface area contributed by atoms with Crippen LogP contribution in [-0.4, -0.2) is 4.86 Å². The van der Waals surface area contributed by atoms with Crippen LogP contribution in [0.25, 0.3) is 0 Å². The van der Waals surface area contributed by atoms with Crippen molar-refractivity contribution in [2.45, 2.75) is 11.3 Å². The lowest BCUT2D eigenvalue weighted by molar-refractivity contribution is 1.46. The molecular weight excluding hydrogens is 208 g/mol. The van der Waals surface area contributed by atoms with Gasteiger partial charge in [-0.2, -0.15) is 0 Å². The summed E-state index contributed by atoms with van der Waals surface area (Å²) in [5, 5.41) is 0. The van der Waals surface area contributed by atoms with Crippen LogP contribution in [0.5, 0.6) is 0 Å². The maximum Gasteiger partial charge on any atom is 0.0329 e. The van der Waals surface area contributed by atoms with Crippen molar-refractivity contribution >= 4 is 28.8 Å². The van der Waals surface area contributed by atoms with Crippen molar-refractivity contribution in [2.24, 2.45) is 0 Å². The number of rotatable bonds is 2. The molecule has 0 saturated heterocycles. The molecule has 1 aromatic rings. The van der Waals surface area contributed by atoms with E-state index in [1.165, 1.54) is 9.80 Å². The fourth-order valence-corrected chi connectivity index (χ4v) is 2.41. The van der Waals surface area contributed by atoms with Crippen LogP contribution in [0, 0.1) is 0 Å². The zero-order valence-electron chi connectivity index (χ0n) is 7.64. The van der Waals surface area contributed by atoms with E-state index in [1.54, 1.807) is 11.8 Å². The van der Waals surface area contributed by atoms with E-state index in [0.717, 1.165) is 11.3 Å². The first-order chi connectivity index (χ1) is 6.86. The molecule has 0 bridgehead atoms. The standard InChI is InChI=1S/C12H10S2/c13-11-8-4-5-9-12(11)14-10-6-2-1-3-7-10/h1-7,9H,8H2. The zero-order valence-corrected chi connectivity index (χ0v) is 9.28. The molecule has 2 rings (SSSR count). The molecule has 0 heterocycles. The Morgan fingerprint density at radius 3 is 2.64 bits per heavy atom. The van der Waals surface area contributed by atoms with Crippen molar-refractivity contribution in [1.82, 2.24) is 0 Å². The molecule has 1 aromatic carbocycles.